The third kappa shape index (κ3) is 3.27. The first-order valence-electron chi connectivity index (χ1n) is 5.69. The van der Waals surface area contributed by atoms with Crippen molar-refractivity contribution in [3.05, 3.63) is 59.4 Å². The van der Waals surface area contributed by atoms with Crippen molar-refractivity contribution in [1.82, 2.24) is 0 Å². The van der Waals surface area contributed by atoms with Gasteiger partial charge in [-0.05, 0) is 29.8 Å². The topological polar surface area (TPSA) is 33.0 Å². The zero-order valence-corrected chi connectivity index (χ0v) is 11.2. The lowest BCUT2D eigenvalue weighted by Crippen LogP contribution is -1.90. The summed E-state index contributed by atoms with van der Waals surface area (Å²) in [6.07, 6.45) is 0. The van der Waals surface area contributed by atoms with E-state index in [1.165, 1.54) is 17.8 Å². The SMILES string of the molecule is COc1ccccc1SCc1ccc(C#N)cc1F. The molecule has 96 valence electrons. The highest BCUT2D eigenvalue weighted by atomic mass is 32.2. The van der Waals surface area contributed by atoms with Gasteiger partial charge in [0.05, 0.1) is 18.7 Å². The molecule has 0 atom stereocenters. The molecule has 2 nitrogen and oxygen atoms in total. The molecule has 0 aliphatic heterocycles. The average molecular weight is 273 g/mol. The minimum absolute atomic E-state index is 0.337. The highest BCUT2D eigenvalue weighted by Gasteiger charge is 2.07. The van der Waals surface area contributed by atoms with Gasteiger partial charge in [-0.25, -0.2) is 4.39 Å². The van der Waals surface area contributed by atoms with Gasteiger partial charge in [0.2, 0.25) is 0 Å². The molecule has 0 N–H and O–H groups in total. The Morgan fingerprint density at radius 2 is 2.05 bits per heavy atom. The molecule has 0 radical (unpaired) electrons. The molecule has 0 aromatic heterocycles. The Bertz CT molecular complexity index is 622. The second-order valence-electron chi connectivity index (χ2n) is 3.86. The van der Waals surface area contributed by atoms with Crippen LogP contribution < -0.4 is 4.74 Å². The second kappa shape index (κ2) is 6.26. The van der Waals surface area contributed by atoms with E-state index in [4.69, 9.17) is 10.00 Å². The van der Waals surface area contributed by atoms with Crippen molar-refractivity contribution >= 4 is 11.8 Å². The molecule has 2 aromatic carbocycles. The zero-order valence-electron chi connectivity index (χ0n) is 10.4. The molecule has 0 amide bonds. The van der Waals surface area contributed by atoms with E-state index in [1.54, 1.807) is 19.2 Å². The number of rotatable bonds is 4. The van der Waals surface area contributed by atoms with Crippen molar-refractivity contribution in [1.29, 1.82) is 5.26 Å². The molecule has 0 unspecified atom stereocenters. The highest BCUT2D eigenvalue weighted by Crippen LogP contribution is 2.31. The lowest BCUT2D eigenvalue weighted by atomic mass is 10.1. The molecule has 2 aromatic rings. The molecule has 0 heterocycles. The van der Waals surface area contributed by atoms with Crippen molar-refractivity contribution in [2.75, 3.05) is 7.11 Å². The van der Waals surface area contributed by atoms with Crippen LogP contribution in [-0.2, 0) is 5.75 Å². The zero-order chi connectivity index (χ0) is 13.7. The van der Waals surface area contributed by atoms with E-state index in [-0.39, 0.29) is 5.82 Å². The van der Waals surface area contributed by atoms with Crippen LogP contribution in [-0.4, -0.2) is 7.11 Å². The van der Waals surface area contributed by atoms with E-state index < -0.39 is 0 Å². The van der Waals surface area contributed by atoms with Gasteiger partial charge in [0.15, 0.2) is 0 Å². The quantitative estimate of drug-likeness (QED) is 0.789. The average Bonchev–Trinajstić information content (AvgIpc) is 2.46. The van der Waals surface area contributed by atoms with Crippen LogP contribution in [0.3, 0.4) is 0 Å². The van der Waals surface area contributed by atoms with Crippen LogP contribution in [0, 0.1) is 17.1 Å². The van der Waals surface area contributed by atoms with Crippen molar-refractivity contribution in [2.45, 2.75) is 10.6 Å². The predicted octanol–water partition coefficient (Wildman–Crippen LogP) is 4.00. The number of hydrogen-bond acceptors (Lipinski definition) is 3. The summed E-state index contributed by atoms with van der Waals surface area (Å²) in [5.74, 6) is 0.931. The largest absolute Gasteiger partial charge is 0.496 e. The summed E-state index contributed by atoms with van der Waals surface area (Å²) in [7, 11) is 1.61. The maximum absolute atomic E-state index is 13.7. The van der Waals surface area contributed by atoms with E-state index in [2.05, 4.69) is 0 Å². The Kier molecular flexibility index (Phi) is 4.43. The molecule has 0 saturated heterocycles. The number of nitriles is 1. The fraction of sp³-hybridized carbons (Fsp3) is 0.133. The second-order valence-corrected chi connectivity index (χ2v) is 4.87. The summed E-state index contributed by atoms with van der Waals surface area (Å²) in [4.78, 5) is 0.966. The number of ether oxygens (including phenoxy) is 1. The summed E-state index contributed by atoms with van der Waals surface area (Å²) in [6.45, 7) is 0. The number of thioether (sulfide) groups is 1. The molecule has 19 heavy (non-hydrogen) atoms. The molecule has 0 bridgehead atoms. The third-order valence-electron chi connectivity index (χ3n) is 2.63. The van der Waals surface area contributed by atoms with Gasteiger partial charge in [-0.3, -0.25) is 0 Å². The number of hydrogen-bond donors (Lipinski definition) is 0. The number of benzene rings is 2. The molecule has 0 saturated carbocycles. The van der Waals surface area contributed by atoms with Crippen LogP contribution in [0.15, 0.2) is 47.4 Å². The van der Waals surface area contributed by atoms with Gasteiger partial charge >= 0.3 is 0 Å². The summed E-state index contributed by atoms with van der Waals surface area (Å²) >= 11 is 1.50. The Balaban J connectivity index is 2.13. The van der Waals surface area contributed by atoms with Crippen LogP contribution in [0.2, 0.25) is 0 Å². The fourth-order valence-corrected chi connectivity index (χ4v) is 2.64. The van der Waals surface area contributed by atoms with E-state index in [1.807, 2.05) is 30.3 Å². The molecule has 0 aliphatic carbocycles. The number of nitrogens with zero attached hydrogens (tertiary/aromatic N) is 1. The summed E-state index contributed by atoms with van der Waals surface area (Å²) in [5, 5.41) is 8.69. The summed E-state index contributed by atoms with van der Waals surface area (Å²) in [5.41, 5.74) is 0.915. The normalized spacial score (nSPS) is 9.95. The van der Waals surface area contributed by atoms with Crippen molar-refractivity contribution in [3.8, 4) is 11.8 Å². The number of methoxy groups -OCH3 is 1. The summed E-state index contributed by atoms with van der Waals surface area (Å²) in [6, 6.07) is 14.1. The smallest absolute Gasteiger partial charge is 0.132 e. The first-order chi connectivity index (χ1) is 9.24. The van der Waals surface area contributed by atoms with E-state index in [9.17, 15) is 4.39 Å². The Labute approximate surface area is 115 Å². The van der Waals surface area contributed by atoms with Crippen LogP contribution in [0.1, 0.15) is 11.1 Å². The fourth-order valence-electron chi connectivity index (χ4n) is 1.63. The Morgan fingerprint density at radius 1 is 1.26 bits per heavy atom. The van der Waals surface area contributed by atoms with Gasteiger partial charge in [-0.1, -0.05) is 18.2 Å². The highest BCUT2D eigenvalue weighted by molar-refractivity contribution is 7.98. The third-order valence-corrected chi connectivity index (χ3v) is 3.74. The maximum atomic E-state index is 13.7. The standard InChI is InChI=1S/C15H12FNOS/c1-18-14-4-2-3-5-15(14)19-10-12-7-6-11(9-17)8-13(12)16/h2-8H,10H2,1H3. The molecule has 0 aliphatic rings. The number of halogens is 1. The predicted molar refractivity (Wildman–Crippen MR) is 73.7 cm³/mol. The van der Waals surface area contributed by atoms with E-state index in [0.717, 1.165) is 10.6 Å². The van der Waals surface area contributed by atoms with Gasteiger partial charge in [0.25, 0.3) is 0 Å². The van der Waals surface area contributed by atoms with Crippen molar-refractivity contribution in [2.24, 2.45) is 0 Å². The Hall–Kier alpha value is -1.99. The molecule has 0 spiro atoms. The summed E-state index contributed by atoms with van der Waals surface area (Å²) < 4.78 is 19.0. The number of para-hydroxylation sites is 1. The van der Waals surface area contributed by atoms with Crippen LogP contribution in [0.4, 0.5) is 4.39 Å². The van der Waals surface area contributed by atoms with Crippen LogP contribution in [0.25, 0.3) is 0 Å². The van der Waals surface area contributed by atoms with Gasteiger partial charge in [0, 0.05) is 10.6 Å². The van der Waals surface area contributed by atoms with E-state index in [0.29, 0.717) is 16.9 Å². The molecular formula is C15H12FNOS. The minimum Gasteiger partial charge on any atom is -0.496 e. The van der Waals surface area contributed by atoms with Crippen molar-refractivity contribution in [3.63, 3.8) is 0 Å². The van der Waals surface area contributed by atoms with Crippen LogP contribution in [0.5, 0.6) is 5.75 Å². The van der Waals surface area contributed by atoms with Gasteiger partial charge < -0.3 is 4.74 Å². The van der Waals surface area contributed by atoms with Gasteiger partial charge in [-0.15, -0.1) is 11.8 Å². The molecular weight excluding hydrogens is 261 g/mol. The first kappa shape index (κ1) is 13.4. The molecule has 2 rings (SSSR count). The minimum atomic E-state index is -0.346. The molecule has 4 heteroatoms. The van der Waals surface area contributed by atoms with Gasteiger partial charge in [0.1, 0.15) is 11.6 Å². The lowest BCUT2D eigenvalue weighted by Gasteiger charge is -2.08. The maximum Gasteiger partial charge on any atom is 0.132 e. The Morgan fingerprint density at radius 3 is 2.74 bits per heavy atom. The van der Waals surface area contributed by atoms with Crippen LogP contribution >= 0.6 is 11.8 Å². The van der Waals surface area contributed by atoms with E-state index >= 15 is 0 Å². The van der Waals surface area contributed by atoms with Crippen molar-refractivity contribution < 1.29 is 9.13 Å². The monoisotopic (exact) mass is 273 g/mol. The first-order valence-corrected chi connectivity index (χ1v) is 6.67. The molecule has 0 fully saturated rings. The van der Waals surface area contributed by atoms with Gasteiger partial charge in [-0.2, -0.15) is 5.26 Å². The lowest BCUT2D eigenvalue weighted by molar-refractivity contribution is 0.405.